The van der Waals surface area contributed by atoms with Crippen molar-refractivity contribution in [3.05, 3.63) is 112 Å². The molecule has 0 radical (unpaired) electrons. The van der Waals surface area contributed by atoms with E-state index in [2.05, 4.69) is 22.0 Å². The Hall–Kier alpha value is -4.27. The van der Waals surface area contributed by atoms with Crippen LogP contribution in [0.15, 0.2) is 89.7 Å². The number of rotatable bonds is 9. The van der Waals surface area contributed by atoms with E-state index in [1.807, 2.05) is 99.6 Å². The molecular formula is C36H42N4O4. The summed E-state index contributed by atoms with van der Waals surface area (Å²) in [5.74, 6) is -0.443. The van der Waals surface area contributed by atoms with Crippen molar-refractivity contribution in [2.75, 3.05) is 32.7 Å². The average Bonchev–Trinajstić information content (AvgIpc) is 3.01. The lowest BCUT2D eigenvalue weighted by Gasteiger charge is -2.35. The molecule has 1 amide bonds. The third kappa shape index (κ3) is 7.26. The summed E-state index contributed by atoms with van der Waals surface area (Å²) in [6.07, 6.45) is 0.723. The summed E-state index contributed by atoms with van der Waals surface area (Å²) in [5.41, 5.74) is 2.23. The highest BCUT2D eigenvalue weighted by Crippen LogP contribution is 2.26. The number of aromatic nitrogens is 1. The molecule has 1 aliphatic heterocycles. The number of piperazine rings is 1. The van der Waals surface area contributed by atoms with Gasteiger partial charge in [0.25, 0.3) is 11.5 Å². The predicted molar refractivity (Wildman–Crippen MR) is 174 cm³/mol. The van der Waals surface area contributed by atoms with Gasteiger partial charge in [-0.05, 0) is 51.0 Å². The highest BCUT2D eigenvalue weighted by molar-refractivity contribution is 6.08. The van der Waals surface area contributed by atoms with Crippen LogP contribution in [0.5, 0.6) is 0 Å². The van der Waals surface area contributed by atoms with Crippen LogP contribution in [0.2, 0.25) is 0 Å². The lowest BCUT2D eigenvalue weighted by atomic mass is 9.99. The molecule has 1 atom stereocenters. The fourth-order valence-corrected chi connectivity index (χ4v) is 5.86. The van der Waals surface area contributed by atoms with E-state index in [0.29, 0.717) is 60.4 Å². The molecule has 5 rings (SSSR count). The largest absolute Gasteiger partial charge is 0.459 e. The number of fused-ring (bicyclic) bond motifs is 1. The fourth-order valence-electron chi connectivity index (χ4n) is 5.86. The van der Waals surface area contributed by atoms with Gasteiger partial charge in [-0.2, -0.15) is 0 Å². The van der Waals surface area contributed by atoms with Gasteiger partial charge in [0, 0.05) is 49.2 Å². The number of esters is 1. The predicted octanol–water partition coefficient (Wildman–Crippen LogP) is 5.33. The number of hydrogen-bond donors (Lipinski definition) is 1. The molecule has 0 saturated carbocycles. The Balaban J connectivity index is 1.52. The maximum atomic E-state index is 14.3. The highest BCUT2D eigenvalue weighted by Gasteiger charge is 2.28. The Morgan fingerprint density at radius 3 is 2.00 bits per heavy atom. The lowest BCUT2D eigenvalue weighted by molar-refractivity contribution is -0.156. The van der Waals surface area contributed by atoms with E-state index >= 15 is 0 Å². The monoisotopic (exact) mass is 594 g/mol. The fraction of sp³-hybridized carbons (Fsp3) is 0.361. The second-order valence-electron chi connectivity index (χ2n) is 12.3. The third-order valence-electron chi connectivity index (χ3n) is 7.96. The molecule has 0 aliphatic carbocycles. The minimum absolute atomic E-state index is 0.156. The first-order valence-corrected chi connectivity index (χ1v) is 15.4. The Morgan fingerprint density at radius 1 is 0.818 bits per heavy atom. The van der Waals surface area contributed by atoms with Crippen LogP contribution in [-0.2, 0) is 16.1 Å². The molecule has 8 nitrogen and oxygen atoms in total. The van der Waals surface area contributed by atoms with E-state index in [-0.39, 0.29) is 30.0 Å². The van der Waals surface area contributed by atoms with Crippen molar-refractivity contribution in [2.45, 2.75) is 52.3 Å². The van der Waals surface area contributed by atoms with Gasteiger partial charge < -0.3 is 10.1 Å². The third-order valence-corrected chi connectivity index (χ3v) is 7.96. The number of nitrogens with one attached hydrogen (secondary N) is 1. The van der Waals surface area contributed by atoms with Crippen LogP contribution < -0.4 is 10.9 Å². The lowest BCUT2D eigenvalue weighted by Crippen LogP contribution is -2.48. The maximum Gasteiger partial charge on any atom is 0.320 e. The maximum absolute atomic E-state index is 14.3. The van der Waals surface area contributed by atoms with E-state index in [4.69, 9.17) is 4.74 Å². The number of carbonyl (C=O) groups excluding carboxylic acids is 2. The summed E-state index contributed by atoms with van der Waals surface area (Å²) in [6, 6.07) is 26.7. The molecular weight excluding hydrogens is 552 g/mol. The Labute approximate surface area is 259 Å². The zero-order valence-corrected chi connectivity index (χ0v) is 26.1. The van der Waals surface area contributed by atoms with Crippen LogP contribution in [0.25, 0.3) is 16.5 Å². The van der Waals surface area contributed by atoms with Gasteiger partial charge in [0.2, 0.25) is 0 Å². The molecule has 2 heterocycles. The van der Waals surface area contributed by atoms with Crippen LogP contribution in [0.4, 0.5) is 0 Å². The number of pyridine rings is 1. The van der Waals surface area contributed by atoms with Crippen LogP contribution in [0.1, 0.15) is 61.8 Å². The zero-order valence-electron chi connectivity index (χ0n) is 26.1. The summed E-state index contributed by atoms with van der Waals surface area (Å²) in [4.78, 5) is 45.2. The molecule has 8 heteroatoms. The van der Waals surface area contributed by atoms with Crippen molar-refractivity contribution >= 4 is 22.6 Å². The van der Waals surface area contributed by atoms with Crippen molar-refractivity contribution in [1.82, 2.24) is 19.7 Å². The van der Waals surface area contributed by atoms with E-state index in [1.165, 1.54) is 0 Å². The summed E-state index contributed by atoms with van der Waals surface area (Å²) >= 11 is 0. The van der Waals surface area contributed by atoms with Crippen LogP contribution >= 0.6 is 0 Å². The number of carbonyl (C=O) groups is 2. The summed E-state index contributed by atoms with van der Waals surface area (Å²) in [6.45, 7) is 11.0. The van der Waals surface area contributed by atoms with Crippen molar-refractivity contribution in [2.24, 2.45) is 0 Å². The molecule has 230 valence electrons. The summed E-state index contributed by atoms with van der Waals surface area (Å²) in [5, 5.41) is 4.42. The van der Waals surface area contributed by atoms with Gasteiger partial charge in [-0.3, -0.25) is 28.8 Å². The van der Waals surface area contributed by atoms with E-state index in [1.54, 1.807) is 10.6 Å². The normalized spacial score (nSPS) is 15.2. The van der Waals surface area contributed by atoms with Crippen molar-refractivity contribution < 1.29 is 14.3 Å². The van der Waals surface area contributed by atoms with Crippen LogP contribution in [0, 0.1) is 0 Å². The van der Waals surface area contributed by atoms with Crippen LogP contribution in [-0.4, -0.2) is 64.6 Å². The second-order valence-corrected chi connectivity index (χ2v) is 12.3. The SMILES string of the molecule is CCC(NC(=O)c1c(CN2CCN(CC(=O)OC(C)(C)C)CC2)n(-c2ccccc2)c(=O)c2ccccc12)c1ccccc1. The van der Waals surface area contributed by atoms with E-state index in [9.17, 15) is 14.4 Å². The van der Waals surface area contributed by atoms with Gasteiger partial charge in [-0.15, -0.1) is 0 Å². The number of nitrogens with zero attached hydrogens (tertiary/aromatic N) is 3. The number of benzene rings is 3. The highest BCUT2D eigenvalue weighted by atomic mass is 16.6. The van der Waals surface area contributed by atoms with Crippen molar-refractivity contribution in [3.63, 3.8) is 0 Å². The molecule has 3 aromatic carbocycles. The van der Waals surface area contributed by atoms with Crippen molar-refractivity contribution in [1.29, 1.82) is 0 Å². The molecule has 1 N–H and O–H groups in total. The van der Waals surface area contributed by atoms with Crippen molar-refractivity contribution in [3.8, 4) is 5.69 Å². The minimum Gasteiger partial charge on any atom is -0.459 e. The van der Waals surface area contributed by atoms with E-state index < -0.39 is 5.60 Å². The van der Waals surface area contributed by atoms with Gasteiger partial charge in [-0.1, -0.05) is 73.7 Å². The molecule has 4 aromatic rings. The number of amides is 1. The smallest absolute Gasteiger partial charge is 0.320 e. The van der Waals surface area contributed by atoms with Gasteiger partial charge in [-0.25, -0.2) is 0 Å². The number of para-hydroxylation sites is 1. The molecule has 1 aliphatic rings. The molecule has 1 fully saturated rings. The Bertz CT molecular complexity index is 1650. The molecule has 44 heavy (non-hydrogen) atoms. The Kier molecular flexibility index (Phi) is 9.61. The summed E-state index contributed by atoms with van der Waals surface area (Å²) < 4.78 is 7.22. The topological polar surface area (TPSA) is 83.9 Å². The van der Waals surface area contributed by atoms with Gasteiger partial charge >= 0.3 is 5.97 Å². The van der Waals surface area contributed by atoms with Crippen LogP contribution in [0.3, 0.4) is 0 Å². The van der Waals surface area contributed by atoms with E-state index in [0.717, 1.165) is 12.0 Å². The first-order chi connectivity index (χ1) is 21.1. The quantitative estimate of drug-likeness (QED) is 0.264. The average molecular weight is 595 g/mol. The zero-order chi connectivity index (χ0) is 31.3. The van der Waals surface area contributed by atoms with Gasteiger partial charge in [0.05, 0.1) is 23.8 Å². The first-order valence-electron chi connectivity index (χ1n) is 15.4. The summed E-state index contributed by atoms with van der Waals surface area (Å²) in [7, 11) is 0. The molecule has 1 unspecified atom stereocenters. The first kappa shape index (κ1) is 31.2. The standard InChI is InChI=1S/C36H42N4O4/c1-5-30(26-14-8-6-9-15-26)37-34(42)33-28-18-12-13-19-29(28)35(43)40(27-16-10-7-11-17-27)31(33)24-38-20-22-39(23-21-38)25-32(41)44-36(2,3)4/h6-19,30H,5,20-25H2,1-4H3,(H,37,42). The molecule has 0 spiro atoms. The molecule has 1 aromatic heterocycles. The van der Waals surface area contributed by atoms with Gasteiger partial charge in [0.1, 0.15) is 5.60 Å². The number of hydrogen-bond acceptors (Lipinski definition) is 6. The molecule has 0 bridgehead atoms. The van der Waals surface area contributed by atoms with Gasteiger partial charge in [0.15, 0.2) is 0 Å². The Morgan fingerprint density at radius 2 is 1.39 bits per heavy atom. The molecule has 1 saturated heterocycles. The number of ether oxygens (including phenoxy) is 1. The second kappa shape index (κ2) is 13.6. The minimum atomic E-state index is -0.523.